The second-order valence-electron chi connectivity index (χ2n) is 5.91. The van der Waals surface area contributed by atoms with Crippen molar-refractivity contribution in [2.45, 2.75) is 11.4 Å². The number of carbonyl (C=O) groups excluding carboxylic acids is 1. The Balaban J connectivity index is 1.50. The van der Waals surface area contributed by atoms with E-state index in [1.165, 1.54) is 16.4 Å². The maximum Gasteiger partial charge on any atom is 0.258 e. The van der Waals surface area contributed by atoms with Crippen LogP contribution in [0.15, 0.2) is 53.7 Å². The van der Waals surface area contributed by atoms with Gasteiger partial charge in [0.2, 0.25) is 10.0 Å². The van der Waals surface area contributed by atoms with Crippen LogP contribution in [0.2, 0.25) is 0 Å². The predicted octanol–water partition coefficient (Wildman–Crippen LogP) is 0.798. The Morgan fingerprint density at radius 1 is 1.11 bits per heavy atom. The molecule has 0 radical (unpaired) electrons. The average molecular weight is 391 g/mol. The third-order valence-electron chi connectivity index (χ3n) is 4.04. The highest BCUT2D eigenvalue weighted by Crippen LogP contribution is 2.20. The Bertz CT molecular complexity index is 850. The molecule has 27 heavy (non-hydrogen) atoms. The number of aromatic nitrogens is 1. The van der Waals surface area contributed by atoms with E-state index < -0.39 is 10.0 Å². The molecule has 1 fully saturated rings. The van der Waals surface area contributed by atoms with Gasteiger partial charge in [-0.05, 0) is 42.0 Å². The summed E-state index contributed by atoms with van der Waals surface area (Å²) in [7, 11) is -3.54. The van der Waals surface area contributed by atoms with Crippen LogP contribution >= 0.6 is 0 Å². The average Bonchev–Trinajstić information content (AvgIpc) is 2.72. The first-order valence-corrected chi connectivity index (χ1v) is 9.96. The maximum absolute atomic E-state index is 12.5. The molecule has 0 saturated carbocycles. The fraction of sp³-hybridized carbons (Fsp3) is 0.333. The maximum atomic E-state index is 12.5. The molecule has 0 spiro atoms. The fourth-order valence-electron chi connectivity index (χ4n) is 2.55. The fourth-order valence-corrected chi connectivity index (χ4v) is 3.95. The Labute approximate surface area is 158 Å². The molecular weight excluding hydrogens is 370 g/mol. The summed E-state index contributed by atoms with van der Waals surface area (Å²) in [6, 6.07) is 9.68. The number of hydrogen-bond acceptors (Lipinski definition) is 6. The molecule has 1 amide bonds. The molecule has 1 saturated heterocycles. The Hall–Kier alpha value is -2.49. The first-order valence-electron chi connectivity index (χ1n) is 8.52. The van der Waals surface area contributed by atoms with Gasteiger partial charge in [0.05, 0.1) is 18.1 Å². The number of hydrogen-bond donors (Lipinski definition) is 1. The quantitative estimate of drug-likeness (QED) is 0.750. The van der Waals surface area contributed by atoms with Gasteiger partial charge in [-0.3, -0.25) is 9.78 Å². The summed E-state index contributed by atoms with van der Waals surface area (Å²) in [4.78, 5) is 16.0. The standard InChI is InChI=1S/C18H21N3O5S/c22-18(20-13-15-5-7-19-8-6-15)14-26-16-1-3-17(4-2-16)27(23,24)21-9-11-25-12-10-21/h1-8H,9-14H2,(H,20,22). The van der Waals surface area contributed by atoms with Crippen molar-refractivity contribution in [3.8, 4) is 5.75 Å². The zero-order valence-electron chi connectivity index (χ0n) is 14.7. The van der Waals surface area contributed by atoms with Crippen LogP contribution in [0.3, 0.4) is 0 Å². The van der Waals surface area contributed by atoms with Crippen molar-refractivity contribution in [3.05, 3.63) is 54.4 Å². The minimum absolute atomic E-state index is 0.152. The molecule has 9 heteroatoms. The zero-order chi connectivity index (χ0) is 19.1. The number of nitrogens with zero attached hydrogens (tertiary/aromatic N) is 2. The van der Waals surface area contributed by atoms with Gasteiger partial charge in [0.15, 0.2) is 6.61 Å². The molecule has 1 aliphatic heterocycles. The van der Waals surface area contributed by atoms with Gasteiger partial charge in [-0.15, -0.1) is 0 Å². The topological polar surface area (TPSA) is 97.8 Å². The second kappa shape index (κ2) is 8.94. The third-order valence-corrected chi connectivity index (χ3v) is 5.95. The number of amides is 1. The normalized spacial score (nSPS) is 15.3. The van der Waals surface area contributed by atoms with E-state index in [9.17, 15) is 13.2 Å². The van der Waals surface area contributed by atoms with Gasteiger partial charge in [-0.2, -0.15) is 4.31 Å². The van der Waals surface area contributed by atoms with Crippen molar-refractivity contribution in [1.29, 1.82) is 0 Å². The van der Waals surface area contributed by atoms with Gasteiger partial charge in [0, 0.05) is 32.0 Å². The van der Waals surface area contributed by atoms with E-state index in [4.69, 9.17) is 9.47 Å². The first-order chi connectivity index (χ1) is 13.1. The summed E-state index contributed by atoms with van der Waals surface area (Å²) in [5, 5.41) is 2.74. The van der Waals surface area contributed by atoms with Crippen LogP contribution in [0.4, 0.5) is 0 Å². The zero-order valence-corrected chi connectivity index (χ0v) is 15.5. The summed E-state index contributed by atoms with van der Waals surface area (Å²) < 4.78 is 37.1. The van der Waals surface area contributed by atoms with Gasteiger partial charge in [0.1, 0.15) is 5.75 Å². The molecule has 2 heterocycles. The summed E-state index contributed by atoms with van der Waals surface area (Å²) in [5.41, 5.74) is 0.941. The van der Waals surface area contributed by atoms with Crippen LogP contribution < -0.4 is 10.1 Å². The van der Waals surface area contributed by atoms with Gasteiger partial charge in [0.25, 0.3) is 5.91 Å². The van der Waals surface area contributed by atoms with Crippen LogP contribution in [-0.2, 0) is 26.1 Å². The molecule has 0 unspecified atom stereocenters. The van der Waals surface area contributed by atoms with Crippen molar-refractivity contribution in [3.63, 3.8) is 0 Å². The van der Waals surface area contributed by atoms with Crippen molar-refractivity contribution in [2.24, 2.45) is 0 Å². The lowest BCUT2D eigenvalue weighted by molar-refractivity contribution is -0.123. The first kappa shape index (κ1) is 19.3. The molecule has 2 aromatic rings. The molecular formula is C18H21N3O5S. The highest BCUT2D eigenvalue weighted by atomic mass is 32.2. The van der Waals surface area contributed by atoms with Crippen molar-refractivity contribution >= 4 is 15.9 Å². The van der Waals surface area contributed by atoms with Crippen molar-refractivity contribution in [1.82, 2.24) is 14.6 Å². The van der Waals surface area contributed by atoms with Gasteiger partial charge in [-0.1, -0.05) is 0 Å². The number of rotatable bonds is 7. The summed E-state index contributed by atoms with van der Waals surface area (Å²) in [5.74, 6) is 0.159. The summed E-state index contributed by atoms with van der Waals surface area (Å²) in [6.45, 7) is 1.72. The number of pyridine rings is 1. The second-order valence-corrected chi connectivity index (χ2v) is 7.85. The molecule has 3 rings (SSSR count). The lowest BCUT2D eigenvalue weighted by Crippen LogP contribution is -2.40. The predicted molar refractivity (Wildman–Crippen MR) is 97.6 cm³/mol. The Morgan fingerprint density at radius 3 is 2.44 bits per heavy atom. The SMILES string of the molecule is O=C(COc1ccc(S(=O)(=O)N2CCOCC2)cc1)NCc1ccncc1. The van der Waals surface area contributed by atoms with E-state index in [1.54, 1.807) is 24.5 Å². The number of carbonyl (C=O) groups is 1. The molecule has 0 aliphatic carbocycles. The van der Waals surface area contributed by atoms with Crippen molar-refractivity contribution in [2.75, 3.05) is 32.9 Å². The van der Waals surface area contributed by atoms with E-state index in [2.05, 4.69) is 10.3 Å². The highest BCUT2D eigenvalue weighted by molar-refractivity contribution is 7.89. The number of morpholine rings is 1. The number of benzene rings is 1. The van der Waals surface area contributed by atoms with E-state index in [0.717, 1.165) is 5.56 Å². The van der Waals surface area contributed by atoms with Crippen molar-refractivity contribution < 1.29 is 22.7 Å². The lowest BCUT2D eigenvalue weighted by atomic mass is 10.3. The molecule has 1 N–H and O–H groups in total. The minimum Gasteiger partial charge on any atom is -0.484 e. The third kappa shape index (κ3) is 5.25. The van der Waals surface area contributed by atoms with E-state index in [0.29, 0.717) is 38.6 Å². The van der Waals surface area contributed by atoms with Gasteiger partial charge >= 0.3 is 0 Å². The minimum atomic E-state index is -3.54. The highest BCUT2D eigenvalue weighted by Gasteiger charge is 2.26. The van der Waals surface area contributed by atoms with E-state index in [1.807, 2.05) is 12.1 Å². The Kier molecular flexibility index (Phi) is 6.38. The molecule has 0 bridgehead atoms. The molecule has 1 aliphatic rings. The van der Waals surface area contributed by atoms with Crippen LogP contribution in [0.5, 0.6) is 5.75 Å². The summed E-state index contributed by atoms with van der Waals surface area (Å²) in [6.07, 6.45) is 3.31. The molecule has 0 atom stereocenters. The number of sulfonamides is 1. The monoisotopic (exact) mass is 391 g/mol. The number of nitrogens with one attached hydrogen (secondary N) is 1. The molecule has 1 aromatic carbocycles. The van der Waals surface area contributed by atoms with Gasteiger partial charge in [-0.25, -0.2) is 8.42 Å². The smallest absolute Gasteiger partial charge is 0.258 e. The largest absolute Gasteiger partial charge is 0.484 e. The van der Waals surface area contributed by atoms with Gasteiger partial charge < -0.3 is 14.8 Å². The lowest BCUT2D eigenvalue weighted by Gasteiger charge is -2.26. The van der Waals surface area contributed by atoms with E-state index >= 15 is 0 Å². The van der Waals surface area contributed by atoms with Crippen LogP contribution in [0.25, 0.3) is 0 Å². The van der Waals surface area contributed by atoms with E-state index in [-0.39, 0.29) is 17.4 Å². The molecule has 8 nitrogen and oxygen atoms in total. The van der Waals surface area contributed by atoms with Crippen LogP contribution in [-0.4, -0.2) is 56.5 Å². The molecule has 144 valence electrons. The number of ether oxygens (including phenoxy) is 2. The molecule has 1 aromatic heterocycles. The van der Waals surface area contributed by atoms with Crippen LogP contribution in [0, 0.1) is 0 Å². The summed E-state index contributed by atoms with van der Waals surface area (Å²) >= 11 is 0. The Morgan fingerprint density at radius 2 is 1.78 bits per heavy atom. The van der Waals surface area contributed by atoms with Crippen LogP contribution in [0.1, 0.15) is 5.56 Å².